The van der Waals surface area contributed by atoms with Crippen LogP contribution in [0.15, 0.2) is 0 Å². The Morgan fingerprint density at radius 3 is 2.08 bits per heavy atom. The van der Waals surface area contributed by atoms with Gasteiger partial charge in [0.2, 0.25) is 5.91 Å². The van der Waals surface area contributed by atoms with Crippen molar-refractivity contribution in [3.63, 3.8) is 0 Å². The lowest BCUT2D eigenvalue weighted by Gasteiger charge is -2.42. The lowest BCUT2D eigenvalue weighted by atomic mass is 9.86. The van der Waals surface area contributed by atoms with Gasteiger partial charge in [-0.1, -0.05) is 6.92 Å². The monoisotopic (exact) mass is 395 g/mol. The second kappa shape index (κ2) is 10.9. The van der Waals surface area contributed by atoms with Crippen LogP contribution in [0.25, 0.3) is 0 Å². The number of rotatable bonds is 3. The average molecular weight is 396 g/mol. The van der Waals surface area contributed by atoms with E-state index in [0.717, 1.165) is 64.2 Å². The first-order valence-corrected chi connectivity index (χ1v) is 9.51. The summed E-state index contributed by atoms with van der Waals surface area (Å²) in [6.45, 7) is 7.60. The van der Waals surface area contributed by atoms with Crippen LogP contribution >= 0.6 is 24.8 Å². The SMILES string of the molecule is CC1CCC(N2CCN(C(=O)C(N)C3CCOCC3)CC2)CC1.Cl.Cl. The average Bonchev–Trinajstić information content (AvgIpc) is 2.62. The number of hydrogen-bond donors (Lipinski definition) is 1. The van der Waals surface area contributed by atoms with Gasteiger partial charge in [-0.2, -0.15) is 0 Å². The van der Waals surface area contributed by atoms with Gasteiger partial charge in [-0.15, -0.1) is 24.8 Å². The number of piperazine rings is 1. The van der Waals surface area contributed by atoms with E-state index in [-0.39, 0.29) is 36.8 Å². The molecule has 3 fully saturated rings. The molecule has 2 heterocycles. The van der Waals surface area contributed by atoms with Crippen molar-refractivity contribution < 1.29 is 9.53 Å². The molecular formula is C18H35Cl2N3O2. The van der Waals surface area contributed by atoms with Crippen LogP contribution in [-0.2, 0) is 9.53 Å². The fourth-order valence-corrected chi connectivity index (χ4v) is 4.40. The fourth-order valence-electron chi connectivity index (χ4n) is 4.40. The number of nitrogens with two attached hydrogens (primary N) is 1. The van der Waals surface area contributed by atoms with Crippen LogP contribution in [0, 0.1) is 11.8 Å². The second-order valence-corrected chi connectivity index (χ2v) is 7.75. The highest BCUT2D eigenvalue weighted by Crippen LogP contribution is 2.28. The maximum absolute atomic E-state index is 12.7. The van der Waals surface area contributed by atoms with Crippen LogP contribution in [0.4, 0.5) is 0 Å². The predicted molar refractivity (Wildman–Crippen MR) is 106 cm³/mol. The lowest BCUT2D eigenvalue weighted by Crippen LogP contribution is -2.57. The van der Waals surface area contributed by atoms with Crippen molar-refractivity contribution in [1.29, 1.82) is 0 Å². The minimum atomic E-state index is -0.332. The summed E-state index contributed by atoms with van der Waals surface area (Å²) in [4.78, 5) is 17.3. The lowest BCUT2D eigenvalue weighted by molar-refractivity contribution is -0.137. The summed E-state index contributed by atoms with van der Waals surface area (Å²) >= 11 is 0. The normalized spacial score (nSPS) is 30.1. The molecule has 1 amide bonds. The fraction of sp³-hybridized carbons (Fsp3) is 0.944. The first-order chi connectivity index (χ1) is 11.1. The summed E-state index contributed by atoms with van der Waals surface area (Å²) in [5, 5.41) is 0. The molecule has 25 heavy (non-hydrogen) atoms. The minimum absolute atomic E-state index is 0. The molecule has 148 valence electrons. The van der Waals surface area contributed by atoms with Gasteiger partial charge in [-0.3, -0.25) is 9.69 Å². The second-order valence-electron chi connectivity index (χ2n) is 7.75. The third kappa shape index (κ3) is 5.96. The van der Waals surface area contributed by atoms with Crippen molar-refractivity contribution in [1.82, 2.24) is 9.80 Å². The number of carbonyl (C=O) groups is 1. The zero-order valence-electron chi connectivity index (χ0n) is 15.4. The third-order valence-electron chi connectivity index (χ3n) is 6.19. The Balaban J connectivity index is 0.00000156. The molecule has 3 aliphatic rings. The number of nitrogens with zero attached hydrogens (tertiary/aromatic N) is 2. The Morgan fingerprint density at radius 1 is 0.960 bits per heavy atom. The number of hydrogen-bond acceptors (Lipinski definition) is 4. The van der Waals surface area contributed by atoms with E-state index in [1.54, 1.807) is 0 Å². The van der Waals surface area contributed by atoms with Crippen molar-refractivity contribution in [2.45, 2.75) is 57.5 Å². The van der Waals surface area contributed by atoms with Gasteiger partial charge in [0.25, 0.3) is 0 Å². The van der Waals surface area contributed by atoms with E-state index in [4.69, 9.17) is 10.5 Å². The van der Waals surface area contributed by atoms with Crippen molar-refractivity contribution in [3.05, 3.63) is 0 Å². The Bertz CT molecular complexity index is 392. The van der Waals surface area contributed by atoms with Crippen molar-refractivity contribution >= 4 is 30.7 Å². The number of halogens is 2. The molecule has 1 atom stereocenters. The van der Waals surface area contributed by atoms with Gasteiger partial charge >= 0.3 is 0 Å². The number of amides is 1. The van der Waals surface area contributed by atoms with Gasteiger partial charge in [0.05, 0.1) is 6.04 Å². The first-order valence-electron chi connectivity index (χ1n) is 9.51. The van der Waals surface area contributed by atoms with E-state index in [0.29, 0.717) is 5.92 Å². The molecule has 0 aromatic carbocycles. The van der Waals surface area contributed by atoms with E-state index in [2.05, 4.69) is 11.8 Å². The molecule has 1 unspecified atom stereocenters. The molecule has 2 aliphatic heterocycles. The summed E-state index contributed by atoms with van der Waals surface area (Å²) in [5.74, 6) is 1.36. The summed E-state index contributed by atoms with van der Waals surface area (Å²) in [5.41, 5.74) is 6.26. The Hall–Kier alpha value is -0.0700. The largest absolute Gasteiger partial charge is 0.381 e. The molecule has 0 aromatic rings. The Labute approximate surface area is 164 Å². The van der Waals surface area contributed by atoms with Crippen molar-refractivity contribution in [2.75, 3.05) is 39.4 Å². The topological polar surface area (TPSA) is 58.8 Å². The summed E-state index contributed by atoms with van der Waals surface area (Å²) < 4.78 is 5.38. The molecule has 1 aliphatic carbocycles. The van der Waals surface area contributed by atoms with E-state index in [1.165, 1.54) is 25.7 Å². The van der Waals surface area contributed by atoms with Crippen LogP contribution in [0.1, 0.15) is 45.4 Å². The predicted octanol–water partition coefficient (Wildman–Crippen LogP) is 2.31. The first kappa shape index (κ1) is 23.0. The highest BCUT2D eigenvalue weighted by atomic mass is 35.5. The molecule has 3 rings (SSSR count). The quantitative estimate of drug-likeness (QED) is 0.796. The van der Waals surface area contributed by atoms with E-state index < -0.39 is 0 Å². The maximum Gasteiger partial charge on any atom is 0.239 e. The summed E-state index contributed by atoms with van der Waals surface area (Å²) in [6, 6.07) is 0.411. The van der Waals surface area contributed by atoms with Crippen LogP contribution in [0.2, 0.25) is 0 Å². The van der Waals surface area contributed by atoms with Crippen LogP contribution < -0.4 is 5.73 Å². The summed E-state index contributed by atoms with van der Waals surface area (Å²) in [7, 11) is 0. The molecular weight excluding hydrogens is 361 g/mol. The molecule has 2 saturated heterocycles. The zero-order chi connectivity index (χ0) is 16.2. The minimum Gasteiger partial charge on any atom is -0.381 e. The van der Waals surface area contributed by atoms with Crippen LogP contribution in [-0.4, -0.2) is 67.2 Å². The third-order valence-corrected chi connectivity index (χ3v) is 6.19. The van der Waals surface area contributed by atoms with Crippen LogP contribution in [0.3, 0.4) is 0 Å². The van der Waals surface area contributed by atoms with Gasteiger partial charge < -0.3 is 15.4 Å². The Morgan fingerprint density at radius 2 is 1.52 bits per heavy atom. The van der Waals surface area contributed by atoms with Gasteiger partial charge in [0.15, 0.2) is 0 Å². The molecule has 7 heteroatoms. The molecule has 0 radical (unpaired) electrons. The molecule has 2 N–H and O–H groups in total. The standard InChI is InChI=1S/C18H33N3O2.2ClH/c1-14-2-4-16(5-3-14)20-8-10-21(11-9-20)18(22)17(19)15-6-12-23-13-7-15;;/h14-17H,2-13,19H2,1H3;2*1H. The number of carbonyl (C=O) groups excluding carboxylic acids is 1. The van der Waals surface area contributed by atoms with Crippen molar-refractivity contribution in [2.24, 2.45) is 17.6 Å². The van der Waals surface area contributed by atoms with Crippen LogP contribution in [0.5, 0.6) is 0 Å². The molecule has 0 bridgehead atoms. The van der Waals surface area contributed by atoms with E-state index >= 15 is 0 Å². The van der Waals surface area contributed by atoms with Gasteiger partial charge in [0, 0.05) is 45.4 Å². The van der Waals surface area contributed by atoms with E-state index in [1.807, 2.05) is 4.90 Å². The van der Waals surface area contributed by atoms with Gasteiger partial charge in [-0.25, -0.2) is 0 Å². The Kier molecular flexibility index (Phi) is 10.0. The smallest absolute Gasteiger partial charge is 0.239 e. The zero-order valence-corrected chi connectivity index (χ0v) is 17.0. The highest BCUT2D eigenvalue weighted by molar-refractivity contribution is 5.85. The van der Waals surface area contributed by atoms with Gasteiger partial charge in [-0.05, 0) is 50.4 Å². The molecule has 0 aromatic heterocycles. The summed E-state index contributed by atoms with van der Waals surface area (Å²) in [6.07, 6.45) is 7.23. The van der Waals surface area contributed by atoms with Gasteiger partial charge in [0.1, 0.15) is 0 Å². The molecule has 0 spiro atoms. The van der Waals surface area contributed by atoms with E-state index in [9.17, 15) is 4.79 Å². The highest BCUT2D eigenvalue weighted by Gasteiger charge is 2.33. The molecule has 5 nitrogen and oxygen atoms in total. The van der Waals surface area contributed by atoms with Crippen molar-refractivity contribution in [3.8, 4) is 0 Å². The maximum atomic E-state index is 12.7. The number of ether oxygens (including phenoxy) is 1. The molecule has 1 saturated carbocycles.